The highest BCUT2D eigenvalue weighted by Crippen LogP contribution is 2.26. The summed E-state index contributed by atoms with van der Waals surface area (Å²) < 4.78 is 0. The summed E-state index contributed by atoms with van der Waals surface area (Å²) >= 11 is 1.76. The smallest absolute Gasteiger partial charge is 0.0904 e. The van der Waals surface area contributed by atoms with Gasteiger partial charge in [-0.15, -0.1) is 11.3 Å². The van der Waals surface area contributed by atoms with Gasteiger partial charge in [0.15, 0.2) is 0 Å². The van der Waals surface area contributed by atoms with Crippen molar-refractivity contribution in [1.82, 2.24) is 4.98 Å². The molecule has 14 heavy (non-hydrogen) atoms. The Hall–Kier alpha value is -1.15. The molecule has 0 saturated heterocycles. The van der Waals surface area contributed by atoms with Crippen LogP contribution >= 0.6 is 11.3 Å². The fourth-order valence-electron chi connectivity index (χ4n) is 1.51. The summed E-state index contributed by atoms with van der Waals surface area (Å²) in [5, 5.41) is 1.14. The SMILES string of the molecule is Cc1ccc(-c2nc(C)sc2C)cc1. The van der Waals surface area contributed by atoms with Crippen LogP contribution in [0.5, 0.6) is 0 Å². The molecule has 0 fully saturated rings. The van der Waals surface area contributed by atoms with Gasteiger partial charge < -0.3 is 0 Å². The Morgan fingerprint density at radius 1 is 1.00 bits per heavy atom. The molecule has 2 heteroatoms. The molecule has 0 aliphatic rings. The van der Waals surface area contributed by atoms with Crippen molar-refractivity contribution in [3.63, 3.8) is 0 Å². The van der Waals surface area contributed by atoms with Crippen LogP contribution in [0.2, 0.25) is 0 Å². The summed E-state index contributed by atoms with van der Waals surface area (Å²) in [7, 11) is 0. The number of hydrogen-bond acceptors (Lipinski definition) is 2. The molecule has 1 nitrogen and oxygen atoms in total. The molecule has 0 saturated carbocycles. The molecule has 0 amide bonds. The molecule has 1 heterocycles. The van der Waals surface area contributed by atoms with Gasteiger partial charge in [0, 0.05) is 10.4 Å². The fourth-order valence-corrected chi connectivity index (χ4v) is 2.35. The summed E-state index contributed by atoms with van der Waals surface area (Å²) in [6, 6.07) is 8.53. The van der Waals surface area contributed by atoms with E-state index in [-0.39, 0.29) is 0 Å². The lowest BCUT2D eigenvalue weighted by atomic mass is 10.1. The molecule has 1 aromatic heterocycles. The van der Waals surface area contributed by atoms with Crippen LogP contribution in [0, 0.1) is 20.8 Å². The zero-order valence-corrected chi connectivity index (χ0v) is 9.48. The van der Waals surface area contributed by atoms with Gasteiger partial charge in [-0.1, -0.05) is 29.8 Å². The highest BCUT2D eigenvalue weighted by atomic mass is 32.1. The molecule has 0 aliphatic carbocycles. The summed E-state index contributed by atoms with van der Waals surface area (Å²) in [5.74, 6) is 0. The van der Waals surface area contributed by atoms with E-state index in [1.165, 1.54) is 16.0 Å². The van der Waals surface area contributed by atoms with E-state index in [4.69, 9.17) is 0 Å². The summed E-state index contributed by atoms with van der Waals surface area (Å²) in [6.07, 6.45) is 0. The van der Waals surface area contributed by atoms with Crippen LogP contribution in [0.4, 0.5) is 0 Å². The molecule has 2 rings (SSSR count). The van der Waals surface area contributed by atoms with Crippen molar-refractivity contribution < 1.29 is 0 Å². The molecule has 0 N–H and O–H groups in total. The van der Waals surface area contributed by atoms with Gasteiger partial charge in [-0.3, -0.25) is 0 Å². The molecule has 1 aromatic carbocycles. The second-order valence-electron chi connectivity index (χ2n) is 3.50. The predicted molar refractivity (Wildman–Crippen MR) is 61.8 cm³/mol. The van der Waals surface area contributed by atoms with Crippen LogP contribution in [0.25, 0.3) is 11.3 Å². The maximum absolute atomic E-state index is 4.53. The normalized spacial score (nSPS) is 10.5. The average Bonchev–Trinajstić information content (AvgIpc) is 2.47. The van der Waals surface area contributed by atoms with E-state index in [0.717, 1.165) is 10.7 Å². The molecule has 0 aliphatic heterocycles. The van der Waals surface area contributed by atoms with Crippen molar-refractivity contribution >= 4 is 11.3 Å². The largest absolute Gasteiger partial charge is 0.241 e. The van der Waals surface area contributed by atoms with Crippen LogP contribution in [-0.2, 0) is 0 Å². The van der Waals surface area contributed by atoms with Gasteiger partial charge in [0.2, 0.25) is 0 Å². The Balaban J connectivity index is 2.49. The van der Waals surface area contributed by atoms with Crippen LogP contribution in [0.3, 0.4) is 0 Å². The number of nitrogens with zero attached hydrogens (tertiary/aromatic N) is 1. The Morgan fingerprint density at radius 2 is 1.64 bits per heavy atom. The third-order valence-electron chi connectivity index (χ3n) is 2.23. The third kappa shape index (κ3) is 1.70. The van der Waals surface area contributed by atoms with Gasteiger partial charge in [-0.05, 0) is 20.8 Å². The minimum atomic E-state index is 1.13. The van der Waals surface area contributed by atoms with E-state index in [9.17, 15) is 0 Å². The molecular formula is C12H13NS. The van der Waals surface area contributed by atoms with Crippen molar-refractivity contribution in [1.29, 1.82) is 0 Å². The minimum Gasteiger partial charge on any atom is -0.241 e. The monoisotopic (exact) mass is 203 g/mol. The van der Waals surface area contributed by atoms with E-state index in [0.29, 0.717) is 0 Å². The zero-order valence-electron chi connectivity index (χ0n) is 8.66. The lowest BCUT2D eigenvalue weighted by molar-refractivity contribution is 1.28. The highest BCUT2D eigenvalue weighted by Gasteiger charge is 2.06. The predicted octanol–water partition coefficient (Wildman–Crippen LogP) is 3.74. The molecule has 0 spiro atoms. The second kappa shape index (κ2) is 3.54. The van der Waals surface area contributed by atoms with E-state index in [1.54, 1.807) is 11.3 Å². The summed E-state index contributed by atoms with van der Waals surface area (Å²) in [6.45, 7) is 6.28. The first-order valence-corrected chi connectivity index (χ1v) is 5.49. The molecule has 0 unspecified atom stereocenters. The Morgan fingerprint density at radius 3 is 2.14 bits per heavy atom. The lowest BCUT2D eigenvalue weighted by Crippen LogP contribution is -1.81. The molecule has 0 atom stereocenters. The van der Waals surface area contributed by atoms with Crippen molar-refractivity contribution in [3.05, 3.63) is 39.7 Å². The lowest BCUT2D eigenvalue weighted by Gasteiger charge is -1.98. The third-order valence-corrected chi connectivity index (χ3v) is 3.11. The van der Waals surface area contributed by atoms with Crippen LogP contribution in [-0.4, -0.2) is 4.98 Å². The first-order chi connectivity index (χ1) is 6.66. The number of benzene rings is 1. The number of hydrogen-bond donors (Lipinski definition) is 0. The maximum Gasteiger partial charge on any atom is 0.0904 e. The van der Waals surface area contributed by atoms with Gasteiger partial charge in [-0.2, -0.15) is 0 Å². The quantitative estimate of drug-likeness (QED) is 0.688. The summed E-state index contributed by atoms with van der Waals surface area (Å²) in [4.78, 5) is 5.83. The van der Waals surface area contributed by atoms with Crippen molar-refractivity contribution in [2.45, 2.75) is 20.8 Å². The van der Waals surface area contributed by atoms with E-state index in [2.05, 4.69) is 50.0 Å². The van der Waals surface area contributed by atoms with E-state index < -0.39 is 0 Å². The molecule has 72 valence electrons. The van der Waals surface area contributed by atoms with Crippen LogP contribution in [0.15, 0.2) is 24.3 Å². The number of aromatic nitrogens is 1. The van der Waals surface area contributed by atoms with Crippen LogP contribution in [0.1, 0.15) is 15.4 Å². The summed E-state index contributed by atoms with van der Waals surface area (Å²) in [5.41, 5.74) is 3.64. The Bertz CT molecular complexity index is 440. The standard InChI is InChI=1S/C12H13NS/c1-8-4-6-11(7-5-8)12-9(2)14-10(3)13-12/h4-7H,1-3H3. The van der Waals surface area contributed by atoms with Gasteiger partial charge in [0.05, 0.1) is 10.7 Å². The van der Waals surface area contributed by atoms with Crippen LogP contribution < -0.4 is 0 Å². The van der Waals surface area contributed by atoms with Crippen molar-refractivity contribution in [2.24, 2.45) is 0 Å². The maximum atomic E-state index is 4.53. The minimum absolute atomic E-state index is 1.13. The van der Waals surface area contributed by atoms with E-state index in [1.807, 2.05) is 0 Å². The zero-order chi connectivity index (χ0) is 10.1. The van der Waals surface area contributed by atoms with Gasteiger partial charge >= 0.3 is 0 Å². The second-order valence-corrected chi connectivity index (χ2v) is 4.91. The molecule has 0 bridgehead atoms. The number of aryl methyl sites for hydroxylation is 3. The molecule has 2 aromatic rings. The number of rotatable bonds is 1. The Labute approximate surface area is 88.4 Å². The van der Waals surface area contributed by atoms with E-state index >= 15 is 0 Å². The average molecular weight is 203 g/mol. The topological polar surface area (TPSA) is 12.9 Å². The van der Waals surface area contributed by atoms with Gasteiger partial charge in [-0.25, -0.2) is 4.98 Å². The number of thiazole rings is 1. The van der Waals surface area contributed by atoms with Gasteiger partial charge in [0.1, 0.15) is 0 Å². The van der Waals surface area contributed by atoms with Crippen molar-refractivity contribution in [3.8, 4) is 11.3 Å². The first kappa shape index (κ1) is 9.41. The van der Waals surface area contributed by atoms with Crippen molar-refractivity contribution in [2.75, 3.05) is 0 Å². The molecule has 0 radical (unpaired) electrons. The molecular weight excluding hydrogens is 190 g/mol. The Kier molecular flexibility index (Phi) is 2.38. The van der Waals surface area contributed by atoms with Gasteiger partial charge in [0.25, 0.3) is 0 Å². The highest BCUT2D eigenvalue weighted by molar-refractivity contribution is 7.11. The fraction of sp³-hybridized carbons (Fsp3) is 0.250. The first-order valence-electron chi connectivity index (χ1n) is 4.68.